The van der Waals surface area contributed by atoms with Crippen LogP contribution in [0.2, 0.25) is 0 Å². The smallest absolute Gasteiger partial charge is 0.249 e. The molecule has 0 radical (unpaired) electrons. The summed E-state index contributed by atoms with van der Waals surface area (Å²) in [6, 6.07) is 0. The Hall–Kier alpha value is -0.610. The van der Waals surface area contributed by atoms with Crippen molar-refractivity contribution in [3.8, 4) is 0 Å². The van der Waals surface area contributed by atoms with E-state index in [0.29, 0.717) is 12.5 Å². The number of aliphatic hydroxyl groups is 2. The van der Waals surface area contributed by atoms with E-state index in [1.807, 2.05) is 13.8 Å². The summed E-state index contributed by atoms with van der Waals surface area (Å²) in [6.45, 7) is 7.56. The number of hydrogen-bond acceptors (Lipinski definition) is 3. The highest BCUT2D eigenvalue weighted by molar-refractivity contribution is 5.81. The van der Waals surface area contributed by atoms with E-state index in [0.717, 1.165) is 0 Å². The molecule has 0 aromatic rings. The molecule has 84 valence electrons. The van der Waals surface area contributed by atoms with Crippen molar-refractivity contribution in [2.75, 3.05) is 13.2 Å². The van der Waals surface area contributed by atoms with Gasteiger partial charge in [0.15, 0.2) is 0 Å². The van der Waals surface area contributed by atoms with Gasteiger partial charge >= 0.3 is 0 Å². The van der Waals surface area contributed by atoms with Crippen LogP contribution >= 0.6 is 0 Å². The highest BCUT2D eigenvalue weighted by Gasteiger charge is 2.32. The molecule has 4 nitrogen and oxygen atoms in total. The maximum absolute atomic E-state index is 11.4. The molecular formula is C10H21NO3. The number of nitrogens with one attached hydrogen (secondary N) is 1. The topological polar surface area (TPSA) is 69.6 Å². The van der Waals surface area contributed by atoms with Gasteiger partial charge < -0.3 is 15.5 Å². The molecule has 0 aromatic carbocycles. The predicted molar refractivity (Wildman–Crippen MR) is 54.7 cm³/mol. The summed E-state index contributed by atoms with van der Waals surface area (Å²) in [6.07, 6.45) is -1.16. The molecule has 4 heteroatoms. The molecule has 3 N–H and O–H groups in total. The van der Waals surface area contributed by atoms with Gasteiger partial charge in [0.25, 0.3) is 0 Å². The van der Waals surface area contributed by atoms with Crippen molar-refractivity contribution < 1.29 is 15.0 Å². The van der Waals surface area contributed by atoms with E-state index in [1.54, 1.807) is 13.8 Å². The van der Waals surface area contributed by atoms with Crippen LogP contribution in [0.3, 0.4) is 0 Å². The Morgan fingerprint density at radius 2 is 1.93 bits per heavy atom. The summed E-state index contributed by atoms with van der Waals surface area (Å²) in [5.41, 5.74) is -0.791. The van der Waals surface area contributed by atoms with Crippen LogP contribution < -0.4 is 5.32 Å². The second-order valence-electron chi connectivity index (χ2n) is 4.69. The summed E-state index contributed by atoms with van der Waals surface area (Å²) >= 11 is 0. The molecule has 0 unspecified atom stereocenters. The van der Waals surface area contributed by atoms with Gasteiger partial charge in [-0.3, -0.25) is 4.79 Å². The normalized spacial score (nSPS) is 14.2. The highest BCUT2D eigenvalue weighted by Crippen LogP contribution is 2.19. The van der Waals surface area contributed by atoms with E-state index in [9.17, 15) is 9.90 Å². The van der Waals surface area contributed by atoms with Gasteiger partial charge in [0, 0.05) is 12.0 Å². The Morgan fingerprint density at radius 3 is 2.29 bits per heavy atom. The fourth-order valence-electron chi connectivity index (χ4n) is 0.843. The first-order valence-corrected chi connectivity index (χ1v) is 4.88. The van der Waals surface area contributed by atoms with Crippen LogP contribution in [0.25, 0.3) is 0 Å². The zero-order valence-corrected chi connectivity index (χ0v) is 9.37. The molecule has 1 atom stereocenters. The molecule has 0 rings (SSSR count). The average molecular weight is 203 g/mol. The number of carbonyl (C=O) groups is 1. The van der Waals surface area contributed by atoms with Crippen molar-refractivity contribution in [1.29, 1.82) is 0 Å². The molecule has 0 saturated heterocycles. The Bertz CT molecular complexity index is 190. The summed E-state index contributed by atoms with van der Waals surface area (Å²) < 4.78 is 0. The van der Waals surface area contributed by atoms with Crippen LogP contribution in [0.1, 0.15) is 27.7 Å². The number of hydrogen-bond donors (Lipinski definition) is 3. The molecule has 1 amide bonds. The van der Waals surface area contributed by atoms with Gasteiger partial charge in [-0.1, -0.05) is 27.7 Å². The first-order valence-electron chi connectivity index (χ1n) is 4.88. The van der Waals surface area contributed by atoms with Crippen LogP contribution in [-0.4, -0.2) is 35.4 Å². The van der Waals surface area contributed by atoms with Crippen molar-refractivity contribution in [3.63, 3.8) is 0 Å². The third-order valence-electron chi connectivity index (χ3n) is 2.08. The van der Waals surface area contributed by atoms with Crippen LogP contribution in [0, 0.1) is 11.3 Å². The lowest BCUT2D eigenvalue weighted by atomic mass is 9.87. The number of aliphatic hydroxyl groups excluding tert-OH is 2. The number of carbonyl (C=O) groups excluding carboxylic acids is 1. The summed E-state index contributed by atoms with van der Waals surface area (Å²) in [7, 11) is 0. The first-order chi connectivity index (χ1) is 6.31. The monoisotopic (exact) mass is 203 g/mol. The minimum Gasteiger partial charge on any atom is -0.396 e. The van der Waals surface area contributed by atoms with Gasteiger partial charge in [0.2, 0.25) is 5.91 Å². The van der Waals surface area contributed by atoms with E-state index in [1.165, 1.54) is 0 Å². The Balaban J connectivity index is 4.12. The zero-order valence-electron chi connectivity index (χ0n) is 9.37. The lowest BCUT2D eigenvalue weighted by molar-refractivity contribution is -0.137. The second kappa shape index (κ2) is 5.32. The van der Waals surface area contributed by atoms with E-state index < -0.39 is 17.4 Å². The Kier molecular flexibility index (Phi) is 5.08. The number of amides is 1. The van der Waals surface area contributed by atoms with E-state index >= 15 is 0 Å². The summed E-state index contributed by atoms with van der Waals surface area (Å²) in [4.78, 5) is 11.4. The fourth-order valence-corrected chi connectivity index (χ4v) is 0.843. The maximum Gasteiger partial charge on any atom is 0.249 e. The van der Waals surface area contributed by atoms with Crippen molar-refractivity contribution in [1.82, 2.24) is 5.32 Å². The van der Waals surface area contributed by atoms with Gasteiger partial charge in [-0.15, -0.1) is 0 Å². The lowest BCUT2D eigenvalue weighted by Crippen LogP contribution is -2.46. The van der Waals surface area contributed by atoms with E-state index in [-0.39, 0.29) is 6.61 Å². The molecule has 0 saturated carbocycles. The molecule has 0 aliphatic carbocycles. The third kappa shape index (κ3) is 4.07. The fraction of sp³-hybridized carbons (Fsp3) is 0.900. The highest BCUT2D eigenvalue weighted by atomic mass is 16.3. The lowest BCUT2D eigenvalue weighted by Gasteiger charge is -2.27. The largest absolute Gasteiger partial charge is 0.396 e. The minimum atomic E-state index is -1.16. The first kappa shape index (κ1) is 13.4. The van der Waals surface area contributed by atoms with Crippen LogP contribution in [0.5, 0.6) is 0 Å². The SMILES string of the molecule is CC(C)CNC(=O)[C@H](O)C(C)(C)CO. The predicted octanol–water partition coefficient (Wildman–Crippen LogP) is 0.138. The molecule has 14 heavy (non-hydrogen) atoms. The molecule has 0 fully saturated rings. The van der Waals surface area contributed by atoms with Crippen molar-refractivity contribution >= 4 is 5.91 Å². The molecule has 0 spiro atoms. The minimum absolute atomic E-state index is 0.219. The standard InChI is InChI=1S/C10H21NO3/c1-7(2)5-11-9(14)8(13)10(3,4)6-12/h7-8,12-13H,5-6H2,1-4H3,(H,11,14)/t8-/m0/s1. The Morgan fingerprint density at radius 1 is 1.43 bits per heavy atom. The second-order valence-corrected chi connectivity index (χ2v) is 4.69. The summed E-state index contributed by atoms with van der Waals surface area (Å²) in [5.74, 6) is -0.0684. The third-order valence-corrected chi connectivity index (χ3v) is 2.08. The Labute approximate surface area is 85.3 Å². The zero-order chi connectivity index (χ0) is 11.4. The number of rotatable bonds is 5. The summed E-state index contributed by atoms with van der Waals surface area (Å²) in [5, 5.41) is 21.2. The van der Waals surface area contributed by atoms with Crippen LogP contribution in [-0.2, 0) is 4.79 Å². The van der Waals surface area contributed by atoms with Crippen LogP contribution in [0.15, 0.2) is 0 Å². The van der Waals surface area contributed by atoms with Gasteiger partial charge in [-0.25, -0.2) is 0 Å². The maximum atomic E-state index is 11.4. The van der Waals surface area contributed by atoms with Crippen molar-refractivity contribution in [2.45, 2.75) is 33.8 Å². The molecule has 0 bridgehead atoms. The van der Waals surface area contributed by atoms with Gasteiger partial charge in [-0.05, 0) is 5.92 Å². The van der Waals surface area contributed by atoms with E-state index in [4.69, 9.17) is 5.11 Å². The van der Waals surface area contributed by atoms with Gasteiger partial charge in [0.1, 0.15) is 6.10 Å². The molecule has 0 heterocycles. The van der Waals surface area contributed by atoms with E-state index in [2.05, 4.69) is 5.32 Å². The molecule has 0 aliphatic heterocycles. The van der Waals surface area contributed by atoms with Crippen LogP contribution in [0.4, 0.5) is 0 Å². The van der Waals surface area contributed by atoms with Crippen molar-refractivity contribution in [3.05, 3.63) is 0 Å². The molecular weight excluding hydrogens is 182 g/mol. The average Bonchev–Trinajstić information content (AvgIpc) is 2.12. The molecule has 0 aromatic heterocycles. The molecule has 0 aliphatic rings. The van der Waals surface area contributed by atoms with Gasteiger partial charge in [0.05, 0.1) is 6.61 Å². The van der Waals surface area contributed by atoms with Gasteiger partial charge in [-0.2, -0.15) is 0 Å². The van der Waals surface area contributed by atoms with Crippen molar-refractivity contribution in [2.24, 2.45) is 11.3 Å². The quantitative estimate of drug-likeness (QED) is 0.595.